The smallest absolute Gasteiger partial charge is 0.306 e. The van der Waals surface area contributed by atoms with Crippen molar-refractivity contribution in [3.8, 4) is 0 Å². The van der Waals surface area contributed by atoms with Crippen LogP contribution in [-0.4, -0.2) is 24.6 Å². The minimum atomic E-state index is -0.609. The summed E-state index contributed by atoms with van der Waals surface area (Å²) >= 11 is 0. The molecule has 0 aliphatic rings. The van der Waals surface area contributed by atoms with E-state index in [1.54, 1.807) is 0 Å². The fraction of sp³-hybridized carbons (Fsp3) is 0.842. The maximum atomic E-state index is 11.6. The first-order valence-electron chi connectivity index (χ1n) is 9.28. The summed E-state index contributed by atoms with van der Waals surface area (Å²) in [5.41, 5.74) is 0. The van der Waals surface area contributed by atoms with Gasteiger partial charge in [-0.1, -0.05) is 65.2 Å². The molecule has 0 heterocycles. The van der Waals surface area contributed by atoms with Gasteiger partial charge in [-0.25, -0.2) is 0 Å². The van der Waals surface area contributed by atoms with E-state index >= 15 is 0 Å². The number of unbranched alkanes of at least 4 members (excludes halogenated alkanes) is 8. The molecule has 1 unspecified atom stereocenters. The van der Waals surface area contributed by atoms with Crippen molar-refractivity contribution in [1.29, 1.82) is 0 Å². The molecule has 23 heavy (non-hydrogen) atoms. The van der Waals surface area contributed by atoms with Gasteiger partial charge in [0.2, 0.25) is 0 Å². The van der Waals surface area contributed by atoms with Gasteiger partial charge >= 0.3 is 11.9 Å². The lowest BCUT2D eigenvalue weighted by Gasteiger charge is -2.13. The summed E-state index contributed by atoms with van der Waals surface area (Å²) in [4.78, 5) is 23.1. The van der Waals surface area contributed by atoms with Crippen LogP contribution < -0.4 is 0 Å². The molecular formula is C19H35O4. The van der Waals surface area contributed by atoms with Crippen LogP contribution in [0.15, 0.2) is 0 Å². The zero-order chi connectivity index (χ0) is 17.3. The molecular weight excluding hydrogens is 292 g/mol. The molecule has 1 radical (unpaired) electrons. The predicted octanol–water partition coefficient (Wildman–Crippen LogP) is 5.00. The Hall–Kier alpha value is -1.06. The minimum Gasteiger partial charge on any atom is -0.462 e. The van der Waals surface area contributed by atoms with Crippen molar-refractivity contribution in [1.82, 2.24) is 0 Å². The fourth-order valence-corrected chi connectivity index (χ4v) is 2.28. The van der Waals surface area contributed by atoms with Crippen LogP contribution in [0.1, 0.15) is 90.9 Å². The van der Waals surface area contributed by atoms with Crippen LogP contribution in [0.3, 0.4) is 0 Å². The Morgan fingerprint density at radius 3 is 1.78 bits per heavy atom. The van der Waals surface area contributed by atoms with Crippen molar-refractivity contribution in [2.24, 2.45) is 0 Å². The summed E-state index contributed by atoms with van der Waals surface area (Å²) < 4.78 is 10.2. The molecule has 0 saturated carbocycles. The molecule has 0 spiro atoms. The lowest BCUT2D eigenvalue weighted by Crippen LogP contribution is -2.22. The molecule has 0 fully saturated rings. The molecule has 0 aromatic carbocycles. The van der Waals surface area contributed by atoms with Crippen molar-refractivity contribution in [2.45, 2.75) is 97.0 Å². The zero-order valence-electron chi connectivity index (χ0n) is 15.1. The van der Waals surface area contributed by atoms with Crippen molar-refractivity contribution in [2.75, 3.05) is 6.61 Å². The Bertz CT molecular complexity index is 302. The van der Waals surface area contributed by atoms with Gasteiger partial charge in [0.1, 0.15) is 12.7 Å². The number of carbonyl (C=O) groups excluding carboxylic acids is 2. The normalized spacial score (nSPS) is 12.0. The average Bonchev–Trinajstić information content (AvgIpc) is 2.52. The number of ether oxygens (including phenoxy) is 2. The molecule has 0 aliphatic carbocycles. The summed E-state index contributed by atoms with van der Waals surface area (Å²) in [5.74, 6) is -0.483. The van der Waals surface area contributed by atoms with Gasteiger partial charge < -0.3 is 9.47 Å². The Labute approximate surface area is 142 Å². The van der Waals surface area contributed by atoms with E-state index in [2.05, 4.69) is 20.8 Å². The van der Waals surface area contributed by atoms with Gasteiger partial charge in [0, 0.05) is 12.8 Å². The highest BCUT2D eigenvalue weighted by atomic mass is 16.6. The highest BCUT2D eigenvalue weighted by Gasteiger charge is 2.12. The van der Waals surface area contributed by atoms with Crippen LogP contribution in [-0.2, 0) is 19.1 Å². The Morgan fingerprint density at radius 2 is 1.26 bits per heavy atom. The number of carbonyl (C=O) groups is 2. The molecule has 1 atom stereocenters. The van der Waals surface area contributed by atoms with Crippen LogP contribution in [0.4, 0.5) is 0 Å². The summed E-state index contributed by atoms with van der Waals surface area (Å²) in [6.07, 6.45) is 11.2. The van der Waals surface area contributed by atoms with Crippen LogP contribution in [0.2, 0.25) is 0 Å². The van der Waals surface area contributed by atoms with Crippen molar-refractivity contribution in [3.63, 3.8) is 0 Å². The minimum absolute atomic E-state index is 0.0510. The van der Waals surface area contributed by atoms with Crippen LogP contribution in [0.5, 0.6) is 0 Å². The van der Waals surface area contributed by atoms with E-state index in [0.717, 1.165) is 38.5 Å². The summed E-state index contributed by atoms with van der Waals surface area (Å²) in [7, 11) is 0. The number of esters is 2. The van der Waals surface area contributed by atoms with Crippen LogP contribution >= 0.6 is 0 Å². The Balaban J connectivity index is 3.55. The van der Waals surface area contributed by atoms with Crippen molar-refractivity contribution >= 4 is 11.9 Å². The molecule has 135 valence electrons. The molecule has 4 nitrogen and oxygen atoms in total. The van der Waals surface area contributed by atoms with Crippen LogP contribution in [0.25, 0.3) is 0 Å². The molecule has 0 aliphatic heterocycles. The molecule has 0 rings (SSSR count). The van der Waals surface area contributed by atoms with Gasteiger partial charge in [-0.2, -0.15) is 0 Å². The summed E-state index contributed by atoms with van der Waals surface area (Å²) in [5, 5.41) is 0. The van der Waals surface area contributed by atoms with E-state index in [4.69, 9.17) is 9.47 Å². The van der Waals surface area contributed by atoms with E-state index in [1.165, 1.54) is 25.7 Å². The maximum absolute atomic E-state index is 11.6. The number of hydrogen-bond acceptors (Lipinski definition) is 4. The predicted molar refractivity (Wildman–Crippen MR) is 92.9 cm³/mol. The third-order valence-electron chi connectivity index (χ3n) is 3.70. The van der Waals surface area contributed by atoms with Gasteiger partial charge in [-0.3, -0.25) is 9.59 Å². The Kier molecular flexibility index (Phi) is 15.1. The van der Waals surface area contributed by atoms with Crippen molar-refractivity contribution in [3.05, 3.63) is 6.92 Å². The van der Waals surface area contributed by atoms with E-state index < -0.39 is 6.10 Å². The molecule has 0 N–H and O–H groups in total. The second-order valence-electron chi connectivity index (χ2n) is 6.12. The van der Waals surface area contributed by atoms with Crippen LogP contribution in [0, 0.1) is 6.92 Å². The lowest BCUT2D eigenvalue weighted by molar-refractivity contribution is -0.156. The van der Waals surface area contributed by atoms with Gasteiger partial charge in [-0.05, 0) is 19.8 Å². The van der Waals surface area contributed by atoms with Gasteiger partial charge in [0.15, 0.2) is 0 Å². The highest BCUT2D eigenvalue weighted by molar-refractivity contribution is 5.70. The second kappa shape index (κ2) is 15.8. The summed E-state index contributed by atoms with van der Waals surface area (Å²) in [6, 6.07) is 0. The van der Waals surface area contributed by atoms with Gasteiger partial charge in [0.05, 0.1) is 0 Å². The average molecular weight is 327 g/mol. The van der Waals surface area contributed by atoms with E-state index in [9.17, 15) is 9.59 Å². The number of hydrogen-bond donors (Lipinski definition) is 0. The SMILES string of the molecule is [CH2]C(COC(=O)CCCCCCC)OC(=O)CCCCCCC. The quantitative estimate of drug-likeness (QED) is 0.314. The third kappa shape index (κ3) is 15.6. The summed E-state index contributed by atoms with van der Waals surface area (Å²) in [6.45, 7) is 8.08. The second-order valence-corrected chi connectivity index (χ2v) is 6.12. The molecule has 0 bridgehead atoms. The lowest BCUT2D eigenvalue weighted by atomic mass is 10.1. The molecule has 0 aromatic rings. The molecule has 4 heteroatoms. The fourth-order valence-electron chi connectivity index (χ4n) is 2.28. The Morgan fingerprint density at radius 1 is 0.783 bits per heavy atom. The van der Waals surface area contributed by atoms with E-state index in [-0.39, 0.29) is 18.5 Å². The largest absolute Gasteiger partial charge is 0.462 e. The molecule has 0 aromatic heterocycles. The van der Waals surface area contributed by atoms with Gasteiger partial charge in [0.25, 0.3) is 0 Å². The standard InChI is InChI=1S/C19H35O4/c1-4-6-8-10-12-14-18(20)22-16-17(3)23-19(21)15-13-11-9-7-5-2/h17H,3-16H2,1-2H3. The first-order valence-corrected chi connectivity index (χ1v) is 9.28. The highest BCUT2D eigenvalue weighted by Crippen LogP contribution is 2.08. The monoisotopic (exact) mass is 327 g/mol. The van der Waals surface area contributed by atoms with Gasteiger partial charge in [-0.15, -0.1) is 0 Å². The topological polar surface area (TPSA) is 52.6 Å². The molecule has 0 saturated heterocycles. The van der Waals surface area contributed by atoms with E-state index in [1.807, 2.05) is 0 Å². The first-order chi connectivity index (χ1) is 11.1. The third-order valence-corrected chi connectivity index (χ3v) is 3.70. The number of rotatable bonds is 15. The van der Waals surface area contributed by atoms with E-state index in [0.29, 0.717) is 12.8 Å². The first kappa shape index (κ1) is 21.9. The maximum Gasteiger partial charge on any atom is 0.306 e. The zero-order valence-corrected chi connectivity index (χ0v) is 15.1. The molecule has 0 amide bonds. The van der Waals surface area contributed by atoms with Crippen molar-refractivity contribution < 1.29 is 19.1 Å².